The van der Waals surface area contributed by atoms with Gasteiger partial charge in [0, 0.05) is 17.0 Å². The maximum atomic E-state index is 13.6. The zero-order valence-corrected chi connectivity index (χ0v) is 19.2. The van der Waals surface area contributed by atoms with E-state index >= 15 is 0 Å². The molecule has 4 rings (SSSR count). The number of hydrogen-bond donors (Lipinski definition) is 1. The van der Waals surface area contributed by atoms with Crippen LogP contribution in [0.5, 0.6) is 0 Å². The number of fused-ring (bicyclic) bond motifs is 1. The zero-order valence-electron chi connectivity index (χ0n) is 18.5. The molecule has 36 heavy (non-hydrogen) atoms. The summed E-state index contributed by atoms with van der Waals surface area (Å²) in [7, 11) is 0. The van der Waals surface area contributed by atoms with Crippen LogP contribution in [0, 0.1) is 6.92 Å². The van der Waals surface area contributed by atoms with Crippen molar-refractivity contribution in [2.24, 2.45) is 0 Å². The average molecular weight is 527 g/mol. The van der Waals surface area contributed by atoms with E-state index in [1.807, 2.05) is 0 Å². The maximum Gasteiger partial charge on any atom is 0.430 e. The first-order valence-electron chi connectivity index (χ1n) is 10.5. The molecule has 1 N–H and O–H groups in total. The third kappa shape index (κ3) is 4.24. The van der Waals surface area contributed by atoms with Crippen LogP contribution in [0.3, 0.4) is 0 Å². The highest BCUT2D eigenvalue weighted by molar-refractivity contribution is 6.32. The van der Waals surface area contributed by atoms with Crippen LogP contribution in [0.4, 0.5) is 26.3 Å². The molecule has 0 unspecified atom stereocenters. The van der Waals surface area contributed by atoms with Crippen molar-refractivity contribution in [1.29, 1.82) is 0 Å². The average Bonchev–Trinajstić information content (AvgIpc) is 2.80. The molecular weight excluding hydrogens is 510 g/mol. The molecule has 4 aromatic rings. The van der Waals surface area contributed by atoms with Gasteiger partial charge < -0.3 is 5.11 Å². The van der Waals surface area contributed by atoms with E-state index in [-0.39, 0.29) is 33.9 Å². The van der Waals surface area contributed by atoms with Crippen LogP contribution in [0.15, 0.2) is 71.5 Å². The highest BCUT2D eigenvalue weighted by atomic mass is 35.5. The summed E-state index contributed by atoms with van der Waals surface area (Å²) in [5.74, 6) is 0.0696. The van der Waals surface area contributed by atoms with Gasteiger partial charge in [0.1, 0.15) is 5.82 Å². The largest absolute Gasteiger partial charge is 0.430 e. The van der Waals surface area contributed by atoms with Crippen LogP contribution in [0.25, 0.3) is 16.6 Å². The van der Waals surface area contributed by atoms with Gasteiger partial charge in [0.15, 0.2) is 0 Å². The Morgan fingerprint density at radius 2 is 1.56 bits per heavy atom. The number of benzene rings is 3. The van der Waals surface area contributed by atoms with Gasteiger partial charge in [-0.25, -0.2) is 4.98 Å². The topological polar surface area (TPSA) is 55.1 Å². The number of rotatable bonds is 4. The molecule has 0 fully saturated rings. The molecule has 1 heterocycles. The number of aromatic nitrogens is 2. The van der Waals surface area contributed by atoms with Crippen LogP contribution in [0.2, 0.25) is 5.02 Å². The van der Waals surface area contributed by atoms with Gasteiger partial charge in [-0.05, 0) is 42.3 Å². The van der Waals surface area contributed by atoms with E-state index in [9.17, 15) is 36.2 Å². The van der Waals surface area contributed by atoms with Gasteiger partial charge in [0.2, 0.25) is 0 Å². The second kappa shape index (κ2) is 8.94. The van der Waals surface area contributed by atoms with Gasteiger partial charge >= 0.3 is 12.4 Å². The van der Waals surface area contributed by atoms with Gasteiger partial charge in [-0.1, -0.05) is 54.1 Å². The highest BCUT2D eigenvalue weighted by Crippen LogP contribution is 2.50. The Morgan fingerprint density at radius 1 is 0.917 bits per heavy atom. The van der Waals surface area contributed by atoms with E-state index in [2.05, 4.69) is 4.98 Å². The Bertz CT molecular complexity index is 1480. The molecular formula is C25H17ClF6N2O2. The van der Waals surface area contributed by atoms with Gasteiger partial charge in [-0.2, -0.15) is 26.3 Å². The lowest BCUT2D eigenvalue weighted by atomic mass is 9.92. The van der Waals surface area contributed by atoms with Gasteiger partial charge in [-0.3, -0.25) is 9.36 Å². The van der Waals surface area contributed by atoms with Crippen LogP contribution in [0.1, 0.15) is 22.5 Å². The summed E-state index contributed by atoms with van der Waals surface area (Å²) in [6, 6.07) is 14.8. The molecule has 0 atom stereocenters. The van der Waals surface area contributed by atoms with Crippen molar-refractivity contribution < 1.29 is 31.4 Å². The molecule has 3 aromatic carbocycles. The molecule has 0 spiro atoms. The van der Waals surface area contributed by atoms with Crippen LogP contribution >= 0.6 is 11.6 Å². The second-order valence-corrected chi connectivity index (χ2v) is 8.56. The number of hydrogen-bond acceptors (Lipinski definition) is 3. The molecule has 0 saturated carbocycles. The first kappa shape index (κ1) is 25.7. The fourth-order valence-corrected chi connectivity index (χ4v) is 4.13. The Hall–Kier alpha value is -3.37. The van der Waals surface area contributed by atoms with Gasteiger partial charge in [0.05, 0.1) is 16.6 Å². The van der Waals surface area contributed by atoms with Crippen LogP contribution in [-0.4, -0.2) is 27.0 Å². The summed E-state index contributed by atoms with van der Waals surface area (Å²) in [6.45, 7) is 1.55. The van der Waals surface area contributed by atoms with E-state index in [4.69, 9.17) is 11.6 Å². The minimum atomic E-state index is -6.08. The normalized spacial score (nSPS) is 12.8. The van der Waals surface area contributed by atoms with Crippen LogP contribution < -0.4 is 5.56 Å². The molecule has 0 aliphatic rings. The van der Waals surface area contributed by atoms with E-state index in [1.165, 1.54) is 18.2 Å². The molecule has 0 radical (unpaired) electrons. The Balaban J connectivity index is 2.04. The zero-order chi connectivity index (χ0) is 26.5. The van der Waals surface area contributed by atoms with Crippen molar-refractivity contribution in [3.63, 3.8) is 0 Å². The summed E-state index contributed by atoms with van der Waals surface area (Å²) >= 11 is 6.15. The van der Waals surface area contributed by atoms with Crippen molar-refractivity contribution in [3.05, 3.63) is 105 Å². The van der Waals surface area contributed by atoms with Crippen LogP contribution in [-0.2, 0) is 12.0 Å². The SMILES string of the molecule is Cc1c(Cl)ccc2nc(Cc3ccccc3)n(-c3cccc(C(O)(C(F)(F)F)C(F)(F)F)c3)c(=O)c12. The number of aryl methyl sites for hydroxylation is 1. The van der Waals surface area contributed by atoms with Crippen molar-refractivity contribution >= 4 is 22.5 Å². The van der Waals surface area contributed by atoms with E-state index < -0.39 is 29.1 Å². The van der Waals surface area contributed by atoms with E-state index in [0.29, 0.717) is 23.3 Å². The molecule has 11 heteroatoms. The predicted octanol–water partition coefficient (Wildman–Crippen LogP) is 6.25. The quantitative estimate of drug-likeness (QED) is 0.320. The van der Waals surface area contributed by atoms with E-state index in [1.54, 1.807) is 37.3 Å². The number of aliphatic hydroxyl groups is 1. The monoisotopic (exact) mass is 526 g/mol. The van der Waals surface area contributed by atoms with Gasteiger partial charge in [0.25, 0.3) is 11.2 Å². The Morgan fingerprint density at radius 3 is 2.17 bits per heavy atom. The predicted molar refractivity (Wildman–Crippen MR) is 122 cm³/mol. The Kier molecular flexibility index (Phi) is 6.38. The van der Waals surface area contributed by atoms with Gasteiger partial charge in [-0.15, -0.1) is 0 Å². The lowest BCUT2D eigenvalue weighted by Crippen LogP contribution is -2.54. The molecule has 4 nitrogen and oxygen atoms in total. The first-order valence-corrected chi connectivity index (χ1v) is 10.8. The smallest absolute Gasteiger partial charge is 0.369 e. The second-order valence-electron chi connectivity index (χ2n) is 8.15. The minimum absolute atomic E-state index is 0.0424. The van der Waals surface area contributed by atoms with E-state index in [0.717, 1.165) is 10.6 Å². The standard InChI is InChI=1S/C25H17ClF6N2O2/c1-14-18(26)10-11-19-21(14)22(35)34(20(33-19)12-15-6-3-2-4-7-15)17-9-5-8-16(13-17)23(36,24(27,28)29)25(30,31)32/h2-11,13,36H,12H2,1H3. The Labute approximate surface area is 205 Å². The molecule has 1 aromatic heterocycles. The summed E-state index contributed by atoms with van der Waals surface area (Å²) in [4.78, 5) is 18.1. The highest BCUT2D eigenvalue weighted by Gasteiger charge is 2.71. The molecule has 188 valence electrons. The van der Waals surface area contributed by atoms with Crippen molar-refractivity contribution in [3.8, 4) is 5.69 Å². The van der Waals surface area contributed by atoms with Crippen molar-refractivity contribution in [2.75, 3.05) is 0 Å². The summed E-state index contributed by atoms with van der Waals surface area (Å²) in [5.41, 5.74) is -6.38. The fourth-order valence-electron chi connectivity index (χ4n) is 3.97. The molecule has 0 aliphatic heterocycles. The third-order valence-electron chi connectivity index (χ3n) is 5.85. The number of halogens is 7. The lowest BCUT2D eigenvalue weighted by molar-refractivity contribution is -0.376. The molecule has 0 aliphatic carbocycles. The lowest BCUT2D eigenvalue weighted by Gasteiger charge is -2.33. The molecule has 0 amide bonds. The van der Waals surface area contributed by atoms with Crippen molar-refractivity contribution in [1.82, 2.24) is 9.55 Å². The number of nitrogens with zero attached hydrogens (tertiary/aromatic N) is 2. The summed E-state index contributed by atoms with van der Waals surface area (Å²) in [5, 5.41) is 10.2. The first-order chi connectivity index (χ1) is 16.8. The third-order valence-corrected chi connectivity index (χ3v) is 6.26. The molecule has 0 bridgehead atoms. The summed E-state index contributed by atoms with van der Waals surface area (Å²) in [6.07, 6.45) is -12.1. The van der Waals surface area contributed by atoms with Crippen molar-refractivity contribution in [2.45, 2.75) is 31.3 Å². The minimum Gasteiger partial charge on any atom is -0.369 e. The maximum absolute atomic E-state index is 13.6. The summed E-state index contributed by atoms with van der Waals surface area (Å²) < 4.78 is 82.0. The fraction of sp³-hybridized carbons (Fsp3) is 0.200. The number of alkyl halides is 6. The molecule has 0 saturated heterocycles.